The van der Waals surface area contributed by atoms with Gasteiger partial charge in [-0.3, -0.25) is 4.79 Å². The van der Waals surface area contributed by atoms with Gasteiger partial charge in [-0.2, -0.15) is 0 Å². The quantitative estimate of drug-likeness (QED) is 0.651. The van der Waals surface area contributed by atoms with E-state index in [-0.39, 0.29) is 5.91 Å². The maximum Gasteiger partial charge on any atom is 0.252 e. The number of nitrogens with one attached hydrogen (secondary N) is 1. The van der Waals surface area contributed by atoms with E-state index in [1.807, 2.05) is 0 Å². The van der Waals surface area contributed by atoms with Crippen LogP contribution in [0, 0.1) is 0 Å². The lowest BCUT2D eigenvalue weighted by Crippen LogP contribution is -2.45. The second-order valence-electron chi connectivity index (χ2n) is 2.84. The molecule has 0 unspecified atom stereocenters. The van der Waals surface area contributed by atoms with Crippen molar-refractivity contribution in [1.82, 2.24) is 5.32 Å². The summed E-state index contributed by atoms with van der Waals surface area (Å²) in [5.74, 6) is -0.342. The standard InChI is InChI=1S/C9H9Cl3N2O/c10-6-3-1-5(2-4-6)9(15)14-8(13)7(11)12/h1-4,7-8H,13H2,(H,14,15)/t8-/m0/s1. The number of alkyl halides is 2. The van der Waals surface area contributed by atoms with Crippen LogP contribution < -0.4 is 11.1 Å². The van der Waals surface area contributed by atoms with Gasteiger partial charge in [-0.25, -0.2) is 0 Å². The first-order valence-corrected chi connectivity index (χ1v) is 5.36. The molecule has 0 radical (unpaired) electrons. The first-order chi connectivity index (χ1) is 7.00. The molecule has 82 valence electrons. The van der Waals surface area contributed by atoms with E-state index in [1.165, 1.54) is 0 Å². The zero-order valence-corrected chi connectivity index (χ0v) is 9.85. The number of benzene rings is 1. The molecule has 0 bridgehead atoms. The molecule has 3 nitrogen and oxygen atoms in total. The minimum atomic E-state index is -0.846. The highest BCUT2D eigenvalue weighted by molar-refractivity contribution is 6.44. The first kappa shape index (κ1) is 12.6. The fourth-order valence-corrected chi connectivity index (χ4v) is 1.15. The van der Waals surface area contributed by atoms with Gasteiger partial charge in [0, 0.05) is 10.6 Å². The Morgan fingerprint density at radius 3 is 2.27 bits per heavy atom. The van der Waals surface area contributed by atoms with Gasteiger partial charge < -0.3 is 11.1 Å². The Labute approximate surface area is 102 Å². The molecule has 15 heavy (non-hydrogen) atoms. The molecule has 0 aliphatic carbocycles. The number of carbonyl (C=O) groups is 1. The third-order valence-corrected chi connectivity index (χ3v) is 2.47. The molecule has 0 saturated heterocycles. The fraction of sp³-hybridized carbons (Fsp3) is 0.222. The Morgan fingerprint density at radius 2 is 1.80 bits per heavy atom. The number of rotatable bonds is 3. The van der Waals surface area contributed by atoms with E-state index in [0.29, 0.717) is 10.6 Å². The van der Waals surface area contributed by atoms with Crippen LogP contribution >= 0.6 is 34.8 Å². The predicted octanol–water partition coefficient (Wildman–Crippen LogP) is 2.16. The summed E-state index contributed by atoms with van der Waals surface area (Å²) in [4.78, 5) is 10.7. The Hall–Kier alpha value is -0.480. The molecule has 0 fully saturated rings. The Bertz CT molecular complexity index is 340. The molecule has 0 heterocycles. The van der Waals surface area contributed by atoms with Crippen LogP contribution in [0.25, 0.3) is 0 Å². The molecule has 1 aromatic carbocycles. The van der Waals surface area contributed by atoms with E-state index in [2.05, 4.69) is 5.32 Å². The Balaban J connectivity index is 2.65. The van der Waals surface area contributed by atoms with Crippen molar-refractivity contribution in [2.24, 2.45) is 5.73 Å². The van der Waals surface area contributed by atoms with Crippen molar-refractivity contribution in [1.29, 1.82) is 0 Å². The maximum atomic E-state index is 11.5. The second-order valence-corrected chi connectivity index (χ2v) is 4.44. The zero-order valence-electron chi connectivity index (χ0n) is 7.58. The average Bonchev–Trinajstić information content (AvgIpc) is 2.18. The molecule has 3 N–H and O–H groups in total. The molecule has 1 aromatic rings. The molecular weight excluding hydrogens is 258 g/mol. The zero-order chi connectivity index (χ0) is 11.4. The van der Waals surface area contributed by atoms with Crippen LogP contribution in [0.15, 0.2) is 24.3 Å². The Morgan fingerprint density at radius 1 is 1.27 bits per heavy atom. The van der Waals surface area contributed by atoms with Gasteiger partial charge >= 0.3 is 0 Å². The normalized spacial score (nSPS) is 12.6. The molecule has 1 atom stereocenters. The first-order valence-electron chi connectivity index (χ1n) is 4.11. The molecule has 0 saturated carbocycles. The minimum Gasteiger partial charge on any atom is -0.334 e. The van der Waals surface area contributed by atoms with Crippen molar-refractivity contribution in [2.75, 3.05) is 0 Å². The van der Waals surface area contributed by atoms with Crippen molar-refractivity contribution in [2.45, 2.75) is 11.0 Å². The number of amides is 1. The van der Waals surface area contributed by atoms with Gasteiger partial charge in [-0.05, 0) is 24.3 Å². The SMILES string of the molecule is N[C@@H](NC(=O)c1ccc(Cl)cc1)C(Cl)Cl. The summed E-state index contributed by atoms with van der Waals surface area (Å²) in [6.45, 7) is 0. The highest BCUT2D eigenvalue weighted by atomic mass is 35.5. The fourth-order valence-electron chi connectivity index (χ4n) is 0.899. The molecule has 0 aliphatic rings. The number of hydrogen-bond acceptors (Lipinski definition) is 2. The topological polar surface area (TPSA) is 55.1 Å². The van der Waals surface area contributed by atoms with Gasteiger partial charge in [0.1, 0.15) is 11.0 Å². The largest absolute Gasteiger partial charge is 0.334 e. The van der Waals surface area contributed by atoms with Crippen LogP contribution in [0.1, 0.15) is 10.4 Å². The summed E-state index contributed by atoms with van der Waals surface area (Å²) < 4.78 is 0. The summed E-state index contributed by atoms with van der Waals surface area (Å²) in [5.41, 5.74) is 5.91. The van der Waals surface area contributed by atoms with E-state index < -0.39 is 11.0 Å². The highest BCUT2D eigenvalue weighted by Crippen LogP contribution is 2.10. The van der Waals surface area contributed by atoms with Gasteiger partial charge in [-0.1, -0.05) is 11.6 Å². The lowest BCUT2D eigenvalue weighted by atomic mass is 10.2. The minimum absolute atomic E-state index is 0.342. The summed E-state index contributed by atoms with van der Waals surface area (Å²) in [6.07, 6.45) is -0.795. The van der Waals surface area contributed by atoms with Gasteiger partial charge in [0.2, 0.25) is 0 Å². The Kier molecular flexibility index (Phi) is 4.67. The molecule has 1 amide bonds. The van der Waals surface area contributed by atoms with Crippen molar-refractivity contribution in [3.05, 3.63) is 34.9 Å². The summed E-state index contributed by atoms with van der Waals surface area (Å²) >= 11 is 16.7. The smallest absolute Gasteiger partial charge is 0.252 e. The van der Waals surface area contributed by atoms with E-state index in [9.17, 15) is 4.79 Å². The molecule has 0 aliphatic heterocycles. The van der Waals surface area contributed by atoms with Crippen LogP contribution in [-0.4, -0.2) is 16.9 Å². The number of nitrogens with two attached hydrogens (primary N) is 1. The van der Waals surface area contributed by atoms with E-state index in [0.717, 1.165) is 0 Å². The van der Waals surface area contributed by atoms with Gasteiger partial charge in [0.25, 0.3) is 5.91 Å². The third kappa shape index (κ3) is 3.87. The molecular formula is C9H9Cl3N2O. The van der Waals surface area contributed by atoms with Crippen molar-refractivity contribution < 1.29 is 4.79 Å². The molecule has 6 heteroatoms. The number of halogens is 3. The van der Waals surface area contributed by atoms with Crippen LogP contribution in [-0.2, 0) is 0 Å². The van der Waals surface area contributed by atoms with Gasteiger partial charge in [0.15, 0.2) is 0 Å². The predicted molar refractivity (Wildman–Crippen MR) is 62.4 cm³/mol. The van der Waals surface area contributed by atoms with Crippen LogP contribution in [0.4, 0.5) is 0 Å². The van der Waals surface area contributed by atoms with Crippen LogP contribution in [0.2, 0.25) is 5.02 Å². The molecule has 0 spiro atoms. The highest BCUT2D eigenvalue weighted by Gasteiger charge is 2.15. The van der Waals surface area contributed by atoms with E-state index in [1.54, 1.807) is 24.3 Å². The second kappa shape index (κ2) is 5.56. The maximum absolute atomic E-state index is 11.5. The molecule has 0 aromatic heterocycles. The van der Waals surface area contributed by atoms with Crippen molar-refractivity contribution in [3.8, 4) is 0 Å². The van der Waals surface area contributed by atoms with Crippen molar-refractivity contribution in [3.63, 3.8) is 0 Å². The summed E-state index contributed by atoms with van der Waals surface area (Å²) in [7, 11) is 0. The number of hydrogen-bond donors (Lipinski definition) is 2. The van der Waals surface area contributed by atoms with Crippen LogP contribution in [0.5, 0.6) is 0 Å². The molecule has 1 rings (SSSR count). The number of carbonyl (C=O) groups excluding carboxylic acids is 1. The lowest BCUT2D eigenvalue weighted by Gasteiger charge is -2.14. The van der Waals surface area contributed by atoms with Gasteiger partial charge in [-0.15, -0.1) is 23.2 Å². The van der Waals surface area contributed by atoms with E-state index in [4.69, 9.17) is 40.5 Å². The van der Waals surface area contributed by atoms with Gasteiger partial charge in [0.05, 0.1) is 0 Å². The summed E-state index contributed by atoms with van der Waals surface area (Å²) in [6, 6.07) is 6.39. The lowest BCUT2D eigenvalue weighted by molar-refractivity contribution is 0.0940. The van der Waals surface area contributed by atoms with Crippen LogP contribution in [0.3, 0.4) is 0 Å². The summed E-state index contributed by atoms with van der Waals surface area (Å²) in [5, 5.41) is 3.01. The average molecular weight is 268 g/mol. The van der Waals surface area contributed by atoms with E-state index >= 15 is 0 Å². The monoisotopic (exact) mass is 266 g/mol. The third-order valence-electron chi connectivity index (χ3n) is 1.68. The van der Waals surface area contributed by atoms with Crippen molar-refractivity contribution >= 4 is 40.7 Å².